The van der Waals surface area contributed by atoms with Crippen LogP contribution in [0.4, 0.5) is 23.1 Å². The summed E-state index contributed by atoms with van der Waals surface area (Å²) in [5, 5.41) is 14.4. The highest BCUT2D eigenvalue weighted by Gasteiger charge is 2.10. The number of hydrogen-bond donors (Lipinski definition) is 2. The number of piperidine rings is 1. The minimum absolute atomic E-state index is 0.309. The van der Waals surface area contributed by atoms with Gasteiger partial charge in [0.2, 0.25) is 5.95 Å². The molecule has 1 saturated heterocycles. The van der Waals surface area contributed by atoms with Crippen molar-refractivity contribution in [3.05, 3.63) is 30.5 Å². The van der Waals surface area contributed by atoms with Crippen molar-refractivity contribution in [2.45, 2.75) is 39.2 Å². The van der Waals surface area contributed by atoms with Crippen LogP contribution >= 0.6 is 0 Å². The maximum atomic E-state index is 4.41. The first-order valence-electron chi connectivity index (χ1n) is 8.29. The van der Waals surface area contributed by atoms with Gasteiger partial charge in [0.1, 0.15) is 0 Å². The quantitative estimate of drug-likeness (QED) is 0.882. The topological polar surface area (TPSA) is 66.0 Å². The summed E-state index contributed by atoms with van der Waals surface area (Å²) in [5.74, 6) is 1.23. The van der Waals surface area contributed by atoms with Crippen molar-refractivity contribution < 1.29 is 0 Å². The molecule has 6 nitrogen and oxygen atoms in total. The third-order valence-corrected chi connectivity index (χ3v) is 3.84. The predicted octanol–water partition coefficient (Wildman–Crippen LogP) is 3.43. The number of nitrogens with zero attached hydrogens (tertiary/aromatic N) is 4. The Morgan fingerprint density at radius 3 is 2.48 bits per heavy atom. The molecule has 0 spiro atoms. The second-order valence-corrected chi connectivity index (χ2v) is 6.18. The lowest BCUT2D eigenvalue weighted by Gasteiger charge is -2.28. The maximum absolute atomic E-state index is 4.41. The number of aromatic nitrogens is 3. The van der Waals surface area contributed by atoms with Gasteiger partial charge in [-0.25, -0.2) is 0 Å². The monoisotopic (exact) mass is 312 g/mol. The lowest BCUT2D eigenvalue weighted by Crippen LogP contribution is -2.29. The summed E-state index contributed by atoms with van der Waals surface area (Å²) in [6, 6.07) is 8.74. The summed E-state index contributed by atoms with van der Waals surface area (Å²) >= 11 is 0. The highest BCUT2D eigenvalue weighted by Crippen LogP contribution is 2.23. The van der Waals surface area contributed by atoms with Crippen molar-refractivity contribution in [2.24, 2.45) is 0 Å². The number of rotatable bonds is 5. The van der Waals surface area contributed by atoms with Crippen LogP contribution < -0.4 is 15.5 Å². The summed E-state index contributed by atoms with van der Waals surface area (Å²) in [6.07, 6.45) is 5.55. The van der Waals surface area contributed by atoms with Gasteiger partial charge in [0.15, 0.2) is 5.82 Å². The first-order valence-corrected chi connectivity index (χ1v) is 8.29. The maximum Gasteiger partial charge on any atom is 0.249 e. The van der Waals surface area contributed by atoms with Crippen LogP contribution in [0.25, 0.3) is 0 Å². The molecule has 1 aromatic heterocycles. The van der Waals surface area contributed by atoms with Gasteiger partial charge in [-0.2, -0.15) is 10.1 Å². The molecule has 1 fully saturated rings. The van der Waals surface area contributed by atoms with Gasteiger partial charge in [-0.15, -0.1) is 5.10 Å². The van der Waals surface area contributed by atoms with E-state index in [0.717, 1.165) is 24.6 Å². The number of hydrogen-bond acceptors (Lipinski definition) is 6. The summed E-state index contributed by atoms with van der Waals surface area (Å²) in [7, 11) is 0. The zero-order valence-corrected chi connectivity index (χ0v) is 13.8. The average Bonchev–Trinajstić information content (AvgIpc) is 2.56. The standard InChI is InChI=1S/C17H24N6/c1-13(2)19-16-12-18-22-17(21-16)20-14-6-8-15(9-7-14)23-10-4-3-5-11-23/h6-9,12-13H,3-5,10-11H2,1-2H3,(H2,19,20,21,22). The van der Waals surface area contributed by atoms with Crippen LogP contribution in [0.5, 0.6) is 0 Å². The third-order valence-electron chi connectivity index (χ3n) is 3.84. The van der Waals surface area contributed by atoms with E-state index in [-0.39, 0.29) is 0 Å². The van der Waals surface area contributed by atoms with E-state index >= 15 is 0 Å². The molecule has 1 aliphatic heterocycles. The zero-order valence-electron chi connectivity index (χ0n) is 13.8. The van der Waals surface area contributed by atoms with E-state index in [2.05, 4.69) is 68.8 Å². The first-order chi connectivity index (χ1) is 11.2. The van der Waals surface area contributed by atoms with Crippen LogP contribution in [0.1, 0.15) is 33.1 Å². The van der Waals surface area contributed by atoms with Crippen molar-refractivity contribution >= 4 is 23.1 Å². The molecule has 2 aromatic rings. The van der Waals surface area contributed by atoms with Gasteiger partial charge in [0.05, 0.1) is 6.20 Å². The first kappa shape index (κ1) is 15.5. The minimum Gasteiger partial charge on any atom is -0.372 e. The van der Waals surface area contributed by atoms with E-state index < -0.39 is 0 Å². The van der Waals surface area contributed by atoms with Crippen molar-refractivity contribution in [3.63, 3.8) is 0 Å². The summed E-state index contributed by atoms with van der Waals surface area (Å²) in [6.45, 7) is 6.44. The van der Waals surface area contributed by atoms with Crippen LogP contribution in [-0.2, 0) is 0 Å². The second kappa shape index (κ2) is 7.26. The fourth-order valence-electron chi connectivity index (χ4n) is 2.76. The van der Waals surface area contributed by atoms with Gasteiger partial charge in [-0.3, -0.25) is 0 Å². The van der Waals surface area contributed by atoms with E-state index in [1.165, 1.54) is 24.9 Å². The molecule has 23 heavy (non-hydrogen) atoms. The van der Waals surface area contributed by atoms with Crippen molar-refractivity contribution in [1.29, 1.82) is 0 Å². The largest absolute Gasteiger partial charge is 0.372 e. The molecule has 122 valence electrons. The molecular weight excluding hydrogens is 288 g/mol. The minimum atomic E-state index is 0.309. The Morgan fingerprint density at radius 2 is 1.78 bits per heavy atom. The Bertz CT molecular complexity index is 619. The lowest BCUT2D eigenvalue weighted by molar-refractivity contribution is 0.578. The van der Waals surface area contributed by atoms with Crippen LogP contribution in [0.15, 0.2) is 30.5 Å². The molecule has 2 heterocycles. The Morgan fingerprint density at radius 1 is 1.04 bits per heavy atom. The lowest BCUT2D eigenvalue weighted by atomic mass is 10.1. The Labute approximate surface area is 137 Å². The van der Waals surface area contributed by atoms with Crippen molar-refractivity contribution in [1.82, 2.24) is 15.2 Å². The molecule has 0 radical (unpaired) electrons. The van der Waals surface area contributed by atoms with E-state index in [9.17, 15) is 0 Å². The smallest absolute Gasteiger partial charge is 0.249 e. The van der Waals surface area contributed by atoms with Crippen molar-refractivity contribution in [3.8, 4) is 0 Å². The molecule has 0 aliphatic carbocycles. The van der Waals surface area contributed by atoms with E-state index in [1.54, 1.807) is 6.20 Å². The third kappa shape index (κ3) is 4.31. The van der Waals surface area contributed by atoms with Gasteiger partial charge in [0.25, 0.3) is 0 Å². The molecule has 1 aromatic carbocycles. The van der Waals surface area contributed by atoms with Gasteiger partial charge in [-0.05, 0) is 57.4 Å². The Hall–Kier alpha value is -2.37. The number of benzene rings is 1. The molecule has 6 heteroatoms. The SMILES string of the molecule is CC(C)Nc1cnnc(Nc2ccc(N3CCCCC3)cc2)n1. The summed E-state index contributed by atoms with van der Waals surface area (Å²) < 4.78 is 0. The summed E-state index contributed by atoms with van der Waals surface area (Å²) in [5.41, 5.74) is 2.25. The molecule has 1 aliphatic rings. The number of nitrogens with one attached hydrogen (secondary N) is 2. The number of anilines is 4. The fourth-order valence-corrected chi connectivity index (χ4v) is 2.76. The molecule has 0 bridgehead atoms. The molecule has 0 unspecified atom stereocenters. The average molecular weight is 312 g/mol. The molecule has 0 saturated carbocycles. The molecular formula is C17H24N6. The normalized spacial score (nSPS) is 14.8. The fraction of sp³-hybridized carbons (Fsp3) is 0.471. The molecule has 0 atom stereocenters. The van der Waals surface area contributed by atoms with Gasteiger partial charge in [-0.1, -0.05) is 0 Å². The molecule has 3 rings (SSSR count). The van der Waals surface area contributed by atoms with E-state index in [4.69, 9.17) is 0 Å². The predicted molar refractivity (Wildman–Crippen MR) is 94.4 cm³/mol. The van der Waals surface area contributed by atoms with Crippen LogP contribution in [0, 0.1) is 0 Å². The van der Waals surface area contributed by atoms with Crippen LogP contribution in [0.2, 0.25) is 0 Å². The molecule has 0 amide bonds. The van der Waals surface area contributed by atoms with Crippen LogP contribution in [0.3, 0.4) is 0 Å². The zero-order chi connectivity index (χ0) is 16.1. The van der Waals surface area contributed by atoms with Gasteiger partial charge < -0.3 is 15.5 Å². The van der Waals surface area contributed by atoms with Crippen molar-refractivity contribution in [2.75, 3.05) is 28.6 Å². The Kier molecular flexibility index (Phi) is 4.90. The molecule has 2 N–H and O–H groups in total. The second-order valence-electron chi connectivity index (χ2n) is 6.18. The highest BCUT2D eigenvalue weighted by molar-refractivity contribution is 5.59. The van der Waals surface area contributed by atoms with Crippen LogP contribution in [-0.4, -0.2) is 34.3 Å². The van der Waals surface area contributed by atoms with Gasteiger partial charge >= 0.3 is 0 Å². The van der Waals surface area contributed by atoms with E-state index in [0.29, 0.717) is 12.0 Å². The highest BCUT2D eigenvalue weighted by atomic mass is 15.3. The van der Waals surface area contributed by atoms with E-state index in [1.807, 2.05) is 0 Å². The summed E-state index contributed by atoms with van der Waals surface area (Å²) in [4.78, 5) is 6.86. The van der Waals surface area contributed by atoms with Gasteiger partial charge in [0, 0.05) is 30.5 Å². The Balaban J connectivity index is 1.66.